The molecule has 1 nitrogen and oxygen atoms in total. The third-order valence-electron chi connectivity index (χ3n) is 0.471. The maximum atomic E-state index is 5.17. The Morgan fingerprint density at radius 1 is 1.50 bits per heavy atom. The van der Waals surface area contributed by atoms with Crippen LogP contribution in [0.15, 0.2) is 0 Å². The first-order chi connectivity index (χ1) is 2.27. The van der Waals surface area contributed by atoms with E-state index in [0.717, 1.165) is 6.54 Å². The maximum Gasteiger partial charge on any atom is 0 e. The summed E-state index contributed by atoms with van der Waals surface area (Å²) in [5, 5.41) is 0. The van der Waals surface area contributed by atoms with Crippen LogP contribution in [-0.2, 0) is 26.2 Å². The van der Waals surface area contributed by atoms with Crippen molar-refractivity contribution in [2.45, 2.75) is 13.8 Å². The van der Waals surface area contributed by atoms with Gasteiger partial charge in [0.25, 0.3) is 0 Å². The van der Waals surface area contributed by atoms with Crippen LogP contribution in [0, 0.1) is 5.92 Å². The smallest absolute Gasteiger partial charge is 0 e. The SMILES string of the molecule is CC(C)CN.[Zr]. The maximum absolute atomic E-state index is 5.17. The largest absolute Gasteiger partial charge is 0.330 e. The van der Waals surface area contributed by atoms with Crippen LogP contribution in [-0.4, -0.2) is 6.54 Å². The minimum absolute atomic E-state index is 0. The van der Waals surface area contributed by atoms with Gasteiger partial charge in [-0.25, -0.2) is 0 Å². The Morgan fingerprint density at radius 3 is 1.67 bits per heavy atom. The zero-order valence-electron chi connectivity index (χ0n) is 4.36. The second-order valence-corrected chi connectivity index (χ2v) is 1.63. The molecule has 0 fully saturated rings. The van der Waals surface area contributed by atoms with E-state index in [1.165, 1.54) is 0 Å². The first kappa shape index (κ1) is 9.96. The van der Waals surface area contributed by atoms with Gasteiger partial charge in [-0.05, 0) is 12.5 Å². The summed E-state index contributed by atoms with van der Waals surface area (Å²) in [6.45, 7) is 5.00. The normalized spacial score (nSPS) is 8.00. The standard InChI is InChI=1S/C4H11N.Zr/c1-4(2)3-5;/h4H,3,5H2,1-2H3;. The Hall–Kier alpha value is 0.843. The van der Waals surface area contributed by atoms with Crippen LogP contribution in [0.25, 0.3) is 0 Å². The van der Waals surface area contributed by atoms with E-state index >= 15 is 0 Å². The first-order valence-electron chi connectivity index (χ1n) is 1.97. The van der Waals surface area contributed by atoms with Gasteiger partial charge in [0.2, 0.25) is 0 Å². The molecule has 0 aromatic rings. The fourth-order valence-corrected chi connectivity index (χ4v) is 0. The van der Waals surface area contributed by atoms with Crippen molar-refractivity contribution in [2.75, 3.05) is 6.54 Å². The van der Waals surface area contributed by atoms with Crippen molar-refractivity contribution in [2.24, 2.45) is 11.7 Å². The van der Waals surface area contributed by atoms with Gasteiger partial charge in [-0.2, -0.15) is 0 Å². The van der Waals surface area contributed by atoms with Crippen LogP contribution in [0.4, 0.5) is 0 Å². The third kappa shape index (κ3) is 8.85. The molecule has 0 saturated heterocycles. The number of rotatable bonds is 1. The Balaban J connectivity index is 0. The topological polar surface area (TPSA) is 26.0 Å². The number of hydrogen-bond donors (Lipinski definition) is 1. The Morgan fingerprint density at radius 2 is 1.67 bits per heavy atom. The summed E-state index contributed by atoms with van der Waals surface area (Å²) >= 11 is 0. The van der Waals surface area contributed by atoms with Gasteiger partial charge in [0, 0.05) is 26.2 Å². The molecule has 0 aliphatic carbocycles. The molecule has 2 N–H and O–H groups in total. The van der Waals surface area contributed by atoms with E-state index in [-0.39, 0.29) is 26.2 Å². The third-order valence-corrected chi connectivity index (χ3v) is 0.471. The van der Waals surface area contributed by atoms with Crippen LogP contribution in [0.3, 0.4) is 0 Å². The van der Waals surface area contributed by atoms with Gasteiger partial charge >= 0.3 is 0 Å². The van der Waals surface area contributed by atoms with Crippen molar-refractivity contribution < 1.29 is 26.2 Å². The first-order valence-corrected chi connectivity index (χ1v) is 1.97. The molecule has 0 bridgehead atoms. The average molecular weight is 164 g/mol. The van der Waals surface area contributed by atoms with E-state index in [0.29, 0.717) is 5.92 Å². The summed E-state index contributed by atoms with van der Waals surface area (Å²) in [7, 11) is 0. The molecule has 0 aliphatic heterocycles. The van der Waals surface area contributed by atoms with E-state index in [4.69, 9.17) is 5.73 Å². The molecule has 2 heteroatoms. The molecule has 0 radical (unpaired) electrons. The molecule has 0 aromatic heterocycles. The van der Waals surface area contributed by atoms with Crippen LogP contribution in [0.1, 0.15) is 13.8 Å². The molecule has 0 amide bonds. The van der Waals surface area contributed by atoms with Crippen molar-refractivity contribution in [3.05, 3.63) is 0 Å². The summed E-state index contributed by atoms with van der Waals surface area (Å²) in [5.41, 5.74) is 5.17. The molecule has 6 heavy (non-hydrogen) atoms. The fourth-order valence-electron chi connectivity index (χ4n) is 0. The summed E-state index contributed by atoms with van der Waals surface area (Å²) in [6.07, 6.45) is 0. The van der Waals surface area contributed by atoms with E-state index < -0.39 is 0 Å². The quantitative estimate of drug-likeness (QED) is 0.603. The fraction of sp³-hybridized carbons (Fsp3) is 1.00. The molecule has 0 heterocycles. The van der Waals surface area contributed by atoms with Gasteiger partial charge in [-0.3, -0.25) is 0 Å². The predicted molar refractivity (Wildman–Crippen MR) is 23.9 cm³/mol. The van der Waals surface area contributed by atoms with E-state index in [1.807, 2.05) is 0 Å². The van der Waals surface area contributed by atoms with Crippen molar-refractivity contribution >= 4 is 0 Å². The van der Waals surface area contributed by atoms with Crippen molar-refractivity contribution in [3.63, 3.8) is 0 Å². The van der Waals surface area contributed by atoms with Gasteiger partial charge in [-0.15, -0.1) is 0 Å². The molecule has 0 unspecified atom stereocenters. The molecular weight excluding hydrogens is 153 g/mol. The zero-order chi connectivity index (χ0) is 4.28. The second kappa shape index (κ2) is 5.84. The summed E-state index contributed by atoms with van der Waals surface area (Å²) in [5.74, 6) is 0.662. The molecule has 0 spiro atoms. The average Bonchev–Trinajstić information content (AvgIpc) is 1.38. The van der Waals surface area contributed by atoms with Gasteiger partial charge in [0.05, 0.1) is 0 Å². The Bertz CT molecular complexity index is 21.5. The molecule has 36 valence electrons. The van der Waals surface area contributed by atoms with Crippen LogP contribution in [0.5, 0.6) is 0 Å². The summed E-state index contributed by atoms with van der Waals surface area (Å²) < 4.78 is 0. The van der Waals surface area contributed by atoms with E-state index in [1.54, 1.807) is 0 Å². The minimum atomic E-state index is 0. The molecule has 0 saturated carbocycles. The van der Waals surface area contributed by atoms with Gasteiger partial charge in [0.1, 0.15) is 0 Å². The molecule has 0 aliphatic rings. The van der Waals surface area contributed by atoms with Crippen molar-refractivity contribution in [3.8, 4) is 0 Å². The van der Waals surface area contributed by atoms with Gasteiger partial charge < -0.3 is 5.73 Å². The van der Waals surface area contributed by atoms with Crippen LogP contribution >= 0.6 is 0 Å². The van der Waals surface area contributed by atoms with Crippen LogP contribution in [0.2, 0.25) is 0 Å². The van der Waals surface area contributed by atoms with Crippen LogP contribution < -0.4 is 5.73 Å². The Kier molecular flexibility index (Phi) is 9.70. The Labute approximate surface area is 58.4 Å². The number of hydrogen-bond acceptors (Lipinski definition) is 1. The van der Waals surface area contributed by atoms with Crippen molar-refractivity contribution in [1.82, 2.24) is 0 Å². The molecule has 0 atom stereocenters. The summed E-state index contributed by atoms with van der Waals surface area (Å²) in [6, 6.07) is 0. The number of nitrogens with two attached hydrogens (primary N) is 1. The predicted octanol–water partition coefficient (Wildman–Crippen LogP) is 0.599. The molecular formula is C4H11NZr. The van der Waals surface area contributed by atoms with E-state index in [2.05, 4.69) is 13.8 Å². The molecule has 0 rings (SSSR count). The van der Waals surface area contributed by atoms with Crippen molar-refractivity contribution in [1.29, 1.82) is 0 Å². The zero-order valence-corrected chi connectivity index (χ0v) is 6.82. The van der Waals surface area contributed by atoms with Gasteiger partial charge in [0.15, 0.2) is 0 Å². The monoisotopic (exact) mass is 163 g/mol. The second-order valence-electron chi connectivity index (χ2n) is 1.63. The van der Waals surface area contributed by atoms with Gasteiger partial charge in [-0.1, -0.05) is 13.8 Å². The summed E-state index contributed by atoms with van der Waals surface area (Å²) in [4.78, 5) is 0. The molecule has 0 aromatic carbocycles. The van der Waals surface area contributed by atoms with E-state index in [9.17, 15) is 0 Å². The minimum Gasteiger partial charge on any atom is -0.330 e.